The van der Waals surface area contributed by atoms with Crippen molar-refractivity contribution in [2.45, 2.75) is 32.2 Å². The molecule has 0 spiro atoms. The van der Waals surface area contributed by atoms with Crippen molar-refractivity contribution in [2.75, 3.05) is 0 Å². The van der Waals surface area contributed by atoms with Crippen molar-refractivity contribution < 1.29 is 9.13 Å². The molecule has 1 aliphatic rings. The lowest BCUT2D eigenvalue weighted by Crippen LogP contribution is -2.07. The van der Waals surface area contributed by atoms with Crippen molar-refractivity contribution in [1.29, 1.82) is 0 Å². The van der Waals surface area contributed by atoms with E-state index >= 15 is 0 Å². The largest absolute Gasteiger partial charge is 0.457 e. The number of hydrogen-bond acceptors (Lipinski definition) is 2. The summed E-state index contributed by atoms with van der Waals surface area (Å²) in [5.41, 5.74) is 9.33. The van der Waals surface area contributed by atoms with E-state index in [1.165, 1.54) is 29.7 Å². The molecule has 0 fully saturated rings. The third-order valence-corrected chi connectivity index (χ3v) is 3.76. The Balaban J connectivity index is 1.91. The SMILES string of the molecule is C[C@H](N)c1cc(F)ccc1Oc1ccc2c(c1)CCC2. The number of hydrogen-bond donors (Lipinski definition) is 1. The Labute approximate surface area is 118 Å². The zero-order valence-electron chi connectivity index (χ0n) is 11.5. The molecule has 1 aliphatic carbocycles. The van der Waals surface area contributed by atoms with Gasteiger partial charge in [0.25, 0.3) is 0 Å². The third-order valence-electron chi connectivity index (χ3n) is 3.76. The molecule has 104 valence electrons. The van der Waals surface area contributed by atoms with Crippen molar-refractivity contribution >= 4 is 0 Å². The van der Waals surface area contributed by atoms with Crippen LogP contribution < -0.4 is 10.5 Å². The highest BCUT2D eigenvalue weighted by molar-refractivity contribution is 5.43. The highest BCUT2D eigenvalue weighted by Crippen LogP contribution is 2.32. The van der Waals surface area contributed by atoms with Crippen molar-refractivity contribution in [3.05, 3.63) is 58.9 Å². The second-order valence-corrected chi connectivity index (χ2v) is 5.36. The molecule has 0 radical (unpaired) electrons. The number of fused-ring (bicyclic) bond motifs is 1. The number of rotatable bonds is 3. The second kappa shape index (κ2) is 5.25. The zero-order valence-corrected chi connectivity index (χ0v) is 11.5. The predicted octanol–water partition coefficient (Wildman–Crippen LogP) is 4.13. The third kappa shape index (κ3) is 2.54. The minimum absolute atomic E-state index is 0.268. The summed E-state index contributed by atoms with van der Waals surface area (Å²) in [6.45, 7) is 1.82. The summed E-state index contributed by atoms with van der Waals surface area (Å²) >= 11 is 0. The summed E-state index contributed by atoms with van der Waals surface area (Å²) in [5.74, 6) is 1.12. The van der Waals surface area contributed by atoms with Gasteiger partial charge in [0, 0.05) is 11.6 Å². The first kappa shape index (κ1) is 13.1. The topological polar surface area (TPSA) is 35.2 Å². The van der Waals surface area contributed by atoms with Crippen LogP contribution in [0, 0.1) is 5.82 Å². The molecule has 0 aliphatic heterocycles. The van der Waals surface area contributed by atoms with Crippen LogP contribution in [0.4, 0.5) is 4.39 Å². The van der Waals surface area contributed by atoms with E-state index in [0.717, 1.165) is 18.6 Å². The molecule has 0 saturated heterocycles. The summed E-state index contributed by atoms with van der Waals surface area (Å²) < 4.78 is 19.2. The average molecular weight is 271 g/mol. The molecule has 2 aromatic carbocycles. The molecule has 0 unspecified atom stereocenters. The minimum Gasteiger partial charge on any atom is -0.457 e. The van der Waals surface area contributed by atoms with E-state index in [0.29, 0.717) is 11.3 Å². The van der Waals surface area contributed by atoms with Gasteiger partial charge in [-0.05, 0) is 67.6 Å². The van der Waals surface area contributed by atoms with Crippen LogP contribution in [0.15, 0.2) is 36.4 Å². The lowest BCUT2D eigenvalue weighted by atomic mass is 10.1. The van der Waals surface area contributed by atoms with E-state index in [1.807, 2.05) is 13.0 Å². The Kier molecular flexibility index (Phi) is 3.45. The summed E-state index contributed by atoms with van der Waals surface area (Å²) in [4.78, 5) is 0. The Morgan fingerprint density at radius 2 is 1.90 bits per heavy atom. The molecule has 0 saturated carbocycles. The number of aryl methyl sites for hydroxylation is 2. The molecule has 2 nitrogen and oxygen atoms in total. The first-order chi connectivity index (χ1) is 9.63. The van der Waals surface area contributed by atoms with E-state index in [2.05, 4.69) is 12.1 Å². The maximum Gasteiger partial charge on any atom is 0.132 e. The minimum atomic E-state index is -0.293. The van der Waals surface area contributed by atoms with Gasteiger partial charge in [0.05, 0.1) is 0 Å². The van der Waals surface area contributed by atoms with Gasteiger partial charge in [-0.3, -0.25) is 0 Å². The van der Waals surface area contributed by atoms with E-state index < -0.39 is 0 Å². The standard InChI is InChI=1S/C17H18FNO/c1-11(19)16-10-14(18)6-8-17(16)20-15-7-5-12-3-2-4-13(12)9-15/h5-11H,2-4,19H2,1H3/t11-/m0/s1. The number of ether oxygens (including phenoxy) is 1. The Morgan fingerprint density at radius 1 is 1.10 bits per heavy atom. The van der Waals surface area contributed by atoms with Crippen LogP contribution in [0.25, 0.3) is 0 Å². The highest BCUT2D eigenvalue weighted by atomic mass is 19.1. The van der Waals surface area contributed by atoms with Gasteiger partial charge in [0.2, 0.25) is 0 Å². The van der Waals surface area contributed by atoms with Crippen LogP contribution in [-0.2, 0) is 12.8 Å². The van der Waals surface area contributed by atoms with E-state index in [4.69, 9.17) is 10.5 Å². The van der Waals surface area contributed by atoms with E-state index in [9.17, 15) is 4.39 Å². The van der Waals surface area contributed by atoms with Gasteiger partial charge in [-0.2, -0.15) is 0 Å². The fourth-order valence-corrected chi connectivity index (χ4v) is 2.71. The molecule has 0 amide bonds. The predicted molar refractivity (Wildman–Crippen MR) is 77.5 cm³/mol. The first-order valence-corrected chi connectivity index (χ1v) is 6.98. The quantitative estimate of drug-likeness (QED) is 0.911. The Bertz CT molecular complexity index is 637. The molecule has 2 aromatic rings. The fourth-order valence-electron chi connectivity index (χ4n) is 2.71. The van der Waals surface area contributed by atoms with Crippen LogP contribution in [0.1, 0.15) is 36.1 Å². The molecule has 3 rings (SSSR count). The van der Waals surface area contributed by atoms with Crippen LogP contribution >= 0.6 is 0 Å². The summed E-state index contributed by atoms with van der Waals surface area (Å²) in [6, 6.07) is 10.4. The Morgan fingerprint density at radius 3 is 2.70 bits per heavy atom. The van der Waals surface area contributed by atoms with Crippen molar-refractivity contribution in [2.24, 2.45) is 5.73 Å². The lowest BCUT2D eigenvalue weighted by molar-refractivity contribution is 0.468. The van der Waals surface area contributed by atoms with Crippen LogP contribution in [0.3, 0.4) is 0 Å². The van der Waals surface area contributed by atoms with E-state index in [1.54, 1.807) is 6.07 Å². The van der Waals surface area contributed by atoms with Gasteiger partial charge in [-0.1, -0.05) is 6.07 Å². The summed E-state index contributed by atoms with van der Waals surface area (Å²) in [5, 5.41) is 0. The van der Waals surface area contributed by atoms with Gasteiger partial charge in [-0.25, -0.2) is 4.39 Å². The lowest BCUT2D eigenvalue weighted by Gasteiger charge is -2.14. The summed E-state index contributed by atoms with van der Waals surface area (Å²) in [6.07, 6.45) is 3.47. The molecule has 0 bridgehead atoms. The first-order valence-electron chi connectivity index (χ1n) is 6.98. The molecule has 1 atom stereocenters. The van der Waals surface area contributed by atoms with Gasteiger partial charge in [0.15, 0.2) is 0 Å². The molecule has 20 heavy (non-hydrogen) atoms. The smallest absolute Gasteiger partial charge is 0.132 e. The molecular formula is C17H18FNO. The van der Waals surface area contributed by atoms with Crippen molar-refractivity contribution in [3.8, 4) is 11.5 Å². The maximum absolute atomic E-state index is 13.3. The number of halogens is 1. The molecule has 0 aromatic heterocycles. The fraction of sp³-hybridized carbons (Fsp3) is 0.294. The van der Waals surface area contributed by atoms with Crippen LogP contribution in [0.5, 0.6) is 11.5 Å². The number of benzene rings is 2. The van der Waals surface area contributed by atoms with Crippen molar-refractivity contribution in [1.82, 2.24) is 0 Å². The van der Waals surface area contributed by atoms with Gasteiger partial charge in [0.1, 0.15) is 17.3 Å². The molecular weight excluding hydrogens is 253 g/mol. The Hall–Kier alpha value is -1.87. The molecule has 0 heterocycles. The molecule has 2 N–H and O–H groups in total. The summed E-state index contributed by atoms with van der Waals surface area (Å²) in [7, 11) is 0. The highest BCUT2D eigenvalue weighted by Gasteiger charge is 2.14. The molecule has 3 heteroatoms. The van der Waals surface area contributed by atoms with Crippen molar-refractivity contribution in [3.63, 3.8) is 0 Å². The average Bonchev–Trinajstić information content (AvgIpc) is 2.88. The number of nitrogens with two attached hydrogens (primary N) is 1. The van der Waals surface area contributed by atoms with Gasteiger partial charge < -0.3 is 10.5 Å². The second-order valence-electron chi connectivity index (χ2n) is 5.36. The maximum atomic E-state index is 13.3. The zero-order chi connectivity index (χ0) is 14.1. The van der Waals surface area contributed by atoms with E-state index in [-0.39, 0.29) is 11.9 Å². The van der Waals surface area contributed by atoms with Gasteiger partial charge >= 0.3 is 0 Å². The normalized spacial score (nSPS) is 14.9. The van der Waals surface area contributed by atoms with Crippen LogP contribution in [0.2, 0.25) is 0 Å². The monoisotopic (exact) mass is 271 g/mol. The van der Waals surface area contributed by atoms with Gasteiger partial charge in [-0.15, -0.1) is 0 Å². The van der Waals surface area contributed by atoms with Crippen LogP contribution in [-0.4, -0.2) is 0 Å².